The molecule has 3 rings (SSSR count). The Morgan fingerprint density at radius 3 is 2.31 bits per heavy atom. The Bertz CT molecular complexity index is 1060. The van der Waals surface area contributed by atoms with Gasteiger partial charge in [-0.05, 0) is 42.2 Å². The number of urea groups is 1. The van der Waals surface area contributed by atoms with Gasteiger partial charge in [0.05, 0.1) is 24.8 Å². The second-order valence-electron chi connectivity index (χ2n) is 10.6. The standard InChI is InChI=1S/C23H33N3O8S/c1-22(2,14-32-20(28)16-8-6-5-7-9-16)13-23(3,4)15-33-35(30,31)34-26-17-10-11-18(19(24)27)25(12-17)21(26)29/h5-9,17-18H,10-15H2,1-4H3,(H2,24,27). The predicted octanol–water partition coefficient (Wildman–Crippen LogP) is 2.23. The molecule has 2 aliphatic rings. The summed E-state index contributed by atoms with van der Waals surface area (Å²) in [5, 5.41) is 0.748. The molecule has 2 heterocycles. The molecule has 194 valence electrons. The van der Waals surface area contributed by atoms with E-state index in [9.17, 15) is 22.8 Å². The maximum atomic E-state index is 12.6. The number of piperidine rings is 1. The predicted molar refractivity (Wildman–Crippen MR) is 125 cm³/mol. The minimum absolute atomic E-state index is 0.133. The molecule has 12 heteroatoms. The first-order valence-electron chi connectivity index (χ1n) is 11.4. The molecule has 2 saturated heterocycles. The zero-order valence-corrected chi connectivity index (χ0v) is 21.2. The third kappa shape index (κ3) is 6.92. The van der Waals surface area contributed by atoms with E-state index < -0.39 is 51.2 Å². The topological polar surface area (TPSA) is 146 Å². The minimum atomic E-state index is -4.55. The lowest BCUT2D eigenvalue weighted by molar-refractivity contribution is -0.122. The number of hydrogen-bond acceptors (Lipinski definition) is 8. The number of nitrogens with two attached hydrogens (primary N) is 1. The Morgan fingerprint density at radius 1 is 1.06 bits per heavy atom. The van der Waals surface area contributed by atoms with Crippen LogP contribution in [0, 0.1) is 10.8 Å². The average molecular weight is 512 g/mol. The van der Waals surface area contributed by atoms with Crippen LogP contribution in [-0.4, -0.2) is 68.1 Å². The maximum absolute atomic E-state index is 12.6. The van der Waals surface area contributed by atoms with Crippen molar-refractivity contribution in [1.82, 2.24) is 9.96 Å². The van der Waals surface area contributed by atoms with Gasteiger partial charge in [0, 0.05) is 6.54 Å². The number of carbonyl (C=O) groups excluding carboxylic acids is 3. The SMILES string of the molecule is CC(C)(COC(=O)c1ccccc1)CC(C)(C)COS(=O)(=O)ON1C(=O)N2CC1CCC2C(N)=O. The number of esters is 1. The molecule has 2 atom stereocenters. The molecule has 3 amide bonds. The lowest BCUT2D eigenvalue weighted by Gasteiger charge is -2.34. The summed E-state index contributed by atoms with van der Waals surface area (Å²) in [6, 6.07) is 6.62. The summed E-state index contributed by atoms with van der Waals surface area (Å²) in [6.45, 7) is 7.53. The monoisotopic (exact) mass is 511 g/mol. The highest BCUT2D eigenvalue weighted by atomic mass is 32.3. The molecular formula is C23H33N3O8S. The van der Waals surface area contributed by atoms with Crippen LogP contribution >= 0.6 is 0 Å². The normalized spacial score (nSPS) is 20.7. The van der Waals surface area contributed by atoms with Crippen LogP contribution in [0.15, 0.2) is 30.3 Å². The van der Waals surface area contributed by atoms with Crippen molar-refractivity contribution in [2.24, 2.45) is 16.6 Å². The summed E-state index contributed by atoms with van der Waals surface area (Å²) >= 11 is 0. The number of hydroxylamine groups is 2. The molecule has 1 aromatic carbocycles. The van der Waals surface area contributed by atoms with Gasteiger partial charge in [-0.3, -0.25) is 4.79 Å². The van der Waals surface area contributed by atoms with Gasteiger partial charge in [-0.1, -0.05) is 45.9 Å². The van der Waals surface area contributed by atoms with E-state index in [-0.39, 0.29) is 19.8 Å². The first-order chi connectivity index (χ1) is 16.2. The van der Waals surface area contributed by atoms with E-state index in [1.807, 2.05) is 33.8 Å². The van der Waals surface area contributed by atoms with E-state index in [0.717, 1.165) is 5.06 Å². The number of benzene rings is 1. The Labute approximate surface area is 205 Å². The van der Waals surface area contributed by atoms with Gasteiger partial charge in [0.25, 0.3) is 0 Å². The lowest BCUT2D eigenvalue weighted by atomic mass is 9.76. The van der Waals surface area contributed by atoms with E-state index in [2.05, 4.69) is 0 Å². The number of rotatable bonds is 11. The summed E-state index contributed by atoms with van der Waals surface area (Å²) in [6.07, 6.45) is 1.19. The molecule has 2 fully saturated rings. The van der Waals surface area contributed by atoms with Crippen LogP contribution in [0.3, 0.4) is 0 Å². The largest absolute Gasteiger partial charge is 0.462 e. The molecule has 0 aliphatic carbocycles. The van der Waals surface area contributed by atoms with Crippen LogP contribution in [0.5, 0.6) is 0 Å². The van der Waals surface area contributed by atoms with Crippen LogP contribution in [0.4, 0.5) is 4.79 Å². The Kier molecular flexibility index (Phi) is 7.77. The molecule has 11 nitrogen and oxygen atoms in total. The zero-order chi connectivity index (χ0) is 26.0. The van der Waals surface area contributed by atoms with Gasteiger partial charge in [-0.2, -0.15) is 13.5 Å². The fraction of sp³-hybridized carbons (Fsp3) is 0.609. The van der Waals surface area contributed by atoms with Gasteiger partial charge in [-0.15, -0.1) is 4.28 Å². The lowest BCUT2D eigenvalue weighted by Crippen LogP contribution is -2.47. The van der Waals surface area contributed by atoms with Crippen molar-refractivity contribution in [3.63, 3.8) is 0 Å². The number of ether oxygens (including phenoxy) is 1. The molecule has 1 aromatic rings. The maximum Gasteiger partial charge on any atom is 0.421 e. The smallest absolute Gasteiger partial charge is 0.421 e. The Balaban J connectivity index is 1.52. The summed E-state index contributed by atoms with van der Waals surface area (Å²) in [7, 11) is -4.55. The quantitative estimate of drug-likeness (QED) is 0.445. The number of nitrogens with zero attached hydrogens (tertiary/aromatic N) is 2. The molecule has 0 radical (unpaired) electrons. The molecule has 0 saturated carbocycles. The van der Waals surface area contributed by atoms with Crippen LogP contribution in [-0.2, 0) is 28.4 Å². The van der Waals surface area contributed by atoms with Crippen molar-refractivity contribution in [3.8, 4) is 0 Å². The molecule has 2 bridgehead atoms. The van der Waals surface area contributed by atoms with Crippen LogP contribution in [0.1, 0.15) is 57.3 Å². The van der Waals surface area contributed by atoms with E-state index in [4.69, 9.17) is 18.9 Å². The second kappa shape index (κ2) is 10.1. The molecule has 35 heavy (non-hydrogen) atoms. The van der Waals surface area contributed by atoms with Crippen molar-refractivity contribution in [2.75, 3.05) is 19.8 Å². The van der Waals surface area contributed by atoms with E-state index in [1.165, 1.54) is 4.90 Å². The first kappa shape index (κ1) is 26.9. The highest BCUT2D eigenvalue weighted by molar-refractivity contribution is 7.81. The van der Waals surface area contributed by atoms with Gasteiger partial charge >= 0.3 is 22.4 Å². The summed E-state index contributed by atoms with van der Waals surface area (Å²) in [5.41, 5.74) is 4.68. The van der Waals surface area contributed by atoms with E-state index in [0.29, 0.717) is 24.8 Å². The van der Waals surface area contributed by atoms with Crippen molar-refractivity contribution >= 4 is 28.3 Å². The number of primary amides is 1. The third-order valence-electron chi connectivity index (χ3n) is 5.98. The first-order valence-corrected chi connectivity index (χ1v) is 12.7. The van der Waals surface area contributed by atoms with Crippen molar-refractivity contribution < 1.29 is 36.0 Å². The van der Waals surface area contributed by atoms with Crippen LogP contribution < -0.4 is 5.73 Å². The summed E-state index contributed by atoms with van der Waals surface area (Å²) < 4.78 is 40.5. The molecular weight excluding hydrogens is 478 g/mol. The van der Waals surface area contributed by atoms with Crippen molar-refractivity contribution in [2.45, 2.75) is 59.0 Å². The number of hydrogen-bond donors (Lipinski definition) is 1. The zero-order valence-electron chi connectivity index (χ0n) is 20.4. The van der Waals surface area contributed by atoms with Gasteiger partial charge in [0.15, 0.2) is 0 Å². The Hall–Kier alpha value is -2.70. The van der Waals surface area contributed by atoms with Gasteiger partial charge < -0.3 is 15.4 Å². The molecule has 2 unspecified atom stereocenters. The minimum Gasteiger partial charge on any atom is -0.462 e. The van der Waals surface area contributed by atoms with E-state index in [1.54, 1.807) is 24.3 Å². The number of carbonyl (C=O) groups is 3. The summed E-state index contributed by atoms with van der Waals surface area (Å²) in [5.74, 6) is -1.07. The van der Waals surface area contributed by atoms with Crippen LogP contribution in [0.2, 0.25) is 0 Å². The van der Waals surface area contributed by atoms with Crippen molar-refractivity contribution in [1.29, 1.82) is 0 Å². The fourth-order valence-corrected chi connectivity index (χ4v) is 5.58. The molecule has 2 N–H and O–H groups in total. The number of fused-ring (bicyclic) bond motifs is 2. The molecule has 2 aliphatic heterocycles. The van der Waals surface area contributed by atoms with E-state index >= 15 is 0 Å². The molecule has 0 aromatic heterocycles. The van der Waals surface area contributed by atoms with Crippen molar-refractivity contribution in [3.05, 3.63) is 35.9 Å². The summed E-state index contributed by atoms with van der Waals surface area (Å²) in [4.78, 5) is 37.6. The fourth-order valence-electron chi connectivity index (χ4n) is 4.69. The van der Waals surface area contributed by atoms with Gasteiger partial charge in [0.2, 0.25) is 5.91 Å². The Morgan fingerprint density at radius 2 is 1.69 bits per heavy atom. The highest BCUT2D eigenvalue weighted by Gasteiger charge is 2.49. The molecule has 0 spiro atoms. The highest BCUT2D eigenvalue weighted by Crippen LogP contribution is 2.35. The number of amides is 3. The van der Waals surface area contributed by atoms with Gasteiger partial charge in [0.1, 0.15) is 6.04 Å². The van der Waals surface area contributed by atoms with Gasteiger partial charge in [-0.25, -0.2) is 13.8 Å². The third-order valence-corrected chi connectivity index (χ3v) is 6.73. The average Bonchev–Trinajstić information content (AvgIpc) is 3.00. The van der Waals surface area contributed by atoms with Crippen LogP contribution in [0.25, 0.3) is 0 Å². The second-order valence-corrected chi connectivity index (χ2v) is 11.8.